The van der Waals surface area contributed by atoms with Crippen LogP contribution in [0.4, 0.5) is 4.79 Å². The number of amides is 2. The molecule has 0 bridgehead atoms. The molecule has 2 N–H and O–H groups in total. The Hall–Kier alpha value is -4.26. The van der Waals surface area contributed by atoms with E-state index in [0.717, 1.165) is 5.56 Å². The molecule has 0 fully saturated rings. The van der Waals surface area contributed by atoms with E-state index in [1.165, 1.54) is 0 Å². The second kappa shape index (κ2) is 10.6. The second-order valence-corrected chi connectivity index (χ2v) is 7.56. The van der Waals surface area contributed by atoms with Crippen molar-refractivity contribution in [2.24, 2.45) is 0 Å². The molecule has 3 aromatic rings. The van der Waals surface area contributed by atoms with Crippen LogP contribution in [0.1, 0.15) is 29.7 Å². The van der Waals surface area contributed by atoms with Crippen LogP contribution in [0.5, 0.6) is 11.5 Å². The zero-order valence-corrected chi connectivity index (χ0v) is 19.0. The molecule has 3 aromatic carbocycles. The van der Waals surface area contributed by atoms with Gasteiger partial charge in [0.05, 0.1) is 31.0 Å². The van der Waals surface area contributed by atoms with Crippen LogP contribution in [0.25, 0.3) is 5.70 Å². The van der Waals surface area contributed by atoms with E-state index in [1.54, 1.807) is 32.2 Å². The predicted molar refractivity (Wildman–Crippen MR) is 128 cm³/mol. The number of esters is 1. The summed E-state index contributed by atoms with van der Waals surface area (Å²) in [4.78, 5) is 25.9. The van der Waals surface area contributed by atoms with Crippen molar-refractivity contribution in [3.63, 3.8) is 0 Å². The number of benzene rings is 3. The molecule has 0 saturated heterocycles. The van der Waals surface area contributed by atoms with Gasteiger partial charge in [-0.1, -0.05) is 72.8 Å². The van der Waals surface area contributed by atoms with Crippen molar-refractivity contribution in [2.45, 2.75) is 19.6 Å². The van der Waals surface area contributed by atoms with Gasteiger partial charge in [-0.15, -0.1) is 0 Å². The first-order valence-corrected chi connectivity index (χ1v) is 11.0. The van der Waals surface area contributed by atoms with Gasteiger partial charge in [0.25, 0.3) is 0 Å². The van der Waals surface area contributed by atoms with Gasteiger partial charge >= 0.3 is 12.0 Å². The Morgan fingerprint density at radius 3 is 2.32 bits per heavy atom. The number of methoxy groups -OCH3 is 1. The zero-order chi connectivity index (χ0) is 23.9. The topological polar surface area (TPSA) is 85.9 Å². The number of hydrogen-bond donors (Lipinski definition) is 2. The van der Waals surface area contributed by atoms with E-state index in [2.05, 4.69) is 10.6 Å². The Balaban J connectivity index is 1.84. The van der Waals surface area contributed by atoms with Gasteiger partial charge in [0.1, 0.15) is 6.61 Å². The number of carbonyl (C=O) groups is 2. The van der Waals surface area contributed by atoms with Crippen LogP contribution in [0.2, 0.25) is 0 Å². The maximum Gasteiger partial charge on any atom is 0.338 e. The average Bonchev–Trinajstić information content (AvgIpc) is 2.88. The number of rotatable bonds is 8. The highest BCUT2D eigenvalue weighted by Crippen LogP contribution is 2.41. The quantitative estimate of drug-likeness (QED) is 0.482. The fraction of sp³-hybridized carbons (Fsp3) is 0.185. The van der Waals surface area contributed by atoms with E-state index in [9.17, 15) is 9.59 Å². The molecule has 1 atom stereocenters. The summed E-state index contributed by atoms with van der Waals surface area (Å²) in [6.45, 7) is 2.22. The van der Waals surface area contributed by atoms with E-state index in [4.69, 9.17) is 14.2 Å². The third-order valence-corrected chi connectivity index (χ3v) is 5.40. The van der Waals surface area contributed by atoms with Crippen LogP contribution in [-0.2, 0) is 16.1 Å². The smallest absolute Gasteiger partial charge is 0.338 e. The summed E-state index contributed by atoms with van der Waals surface area (Å²) < 4.78 is 17.1. The summed E-state index contributed by atoms with van der Waals surface area (Å²) in [5, 5.41) is 5.65. The maximum absolute atomic E-state index is 13.2. The van der Waals surface area contributed by atoms with Crippen LogP contribution in [0, 0.1) is 0 Å². The Labute approximate surface area is 198 Å². The van der Waals surface area contributed by atoms with Crippen LogP contribution < -0.4 is 20.1 Å². The van der Waals surface area contributed by atoms with Gasteiger partial charge in [-0.05, 0) is 24.1 Å². The summed E-state index contributed by atoms with van der Waals surface area (Å²) in [7, 11) is 1.55. The number of carbonyl (C=O) groups excluding carboxylic acids is 2. The molecule has 0 aromatic heterocycles. The van der Waals surface area contributed by atoms with Gasteiger partial charge in [-0.2, -0.15) is 0 Å². The molecule has 0 radical (unpaired) electrons. The van der Waals surface area contributed by atoms with Gasteiger partial charge in [0.2, 0.25) is 0 Å². The fourth-order valence-electron chi connectivity index (χ4n) is 3.86. The van der Waals surface area contributed by atoms with E-state index in [-0.39, 0.29) is 18.8 Å². The maximum atomic E-state index is 13.2. The normalized spacial score (nSPS) is 15.2. The van der Waals surface area contributed by atoms with Gasteiger partial charge < -0.3 is 24.8 Å². The van der Waals surface area contributed by atoms with Crippen molar-refractivity contribution in [3.8, 4) is 11.5 Å². The van der Waals surface area contributed by atoms with Crippen LogP contribution >= 0.6 is 0 Å². The standard InChI is InChI=1S/C27H26N2O5/c1-3-33-26(30)22-23(19-13-8-5-9-14-19)28-27(31)29-24(22)20-15-10-16-21(32-2)25(20)34-17-18-11-6-4-7-12-18/h4-16,24H,3,17H2,1-2H3,(H2,28,29,31)/t24-/m1/s1. The van der Waals surface area contributed by atoms with Crippen molar-refractivity contribution < 1.29 is 23.8 Å². The molecule has 7 nitrogen and oxygen atoms in total. The van der Waals surface area contributed by atoms with Gasteiger partial charge in [-0.25, -0.2) is 9.59 Å². The summed E-state index contributed by atoms with van der Waals surface area (Å²) in [5.41, 5.74) is 2.93. The Bertz CT molecular complexity index is 1190. The first kappa shape index (κ1) is 22.9. The first-order valence-electron chi connectivity index (χ1n) is 11.0. The number of nitrogens with one attached hydrogen (secondary N) is 2. The van der Waals surface area contributed by atoms with Crippen molar-refractivity contribution in [3.05, 3.63) is 101 Å². The molecule has 174 valence electrons. The minimum absolute atomic E-state index is 0.195. The molecule has 0 unspecified atom stereocenters. The molecule has 0 saturated carbocycles. The molecular weight excluding hydrogens is 432 g/mol. The van der Waals surface area contributed by atoms with Gasteiger partial charge in [0, 0.05) is 5.56 Å². The molecule has 0 aliphatic carbocycles. The Kier molecular flexibility index (Phi) is 7.13. The van der Waals surface area contributed by atoms with Gasteiger partial charge in [0.15, 0.2) is 11.5 Å². The lowest BCUT2D eigenvalue weighted by Crippen LogP contribution is -2.45. The second-order valence-electron chi connectivity index (χ2n) is 7.56. The number of hydrogen-bond acceptors (Lipinski definition) is 5. The number of ether oxygens (including phenoxy) is 3. The van der Waals surface area contributed by atoms with Crippen molar-refractivity contribution in [1.29, 1.82) is 0 Å². The minimum atomic E-state index is -0.816. The van der Waals surface area contributed by atoms with Crippen molar-refractivity contribution in [1.82, 2.24) is 10.6 Å². The lowest BCUT2D eigenvalue weighted by atomic mass is 9.92. The molecular formula is C27H26N2O5. The summed E-state index contributed by atoms with van der Waals surface area (Å²) >= 11 is 0. The molecule has 1 aliphatic rings. The summed E-state index contributed by atoms with van der Waals surface area (Å²) in [5.74, 6) is 0.400. The van der Waals surface area contributed by atoms with Crippen LogP contribution in [-0.4, -0.2) is 25.7 Å². The molecule has 34 heavy (non-hydrogen) atoms. The Morgan fingerprint density at radius 1 is 0.941 bits per heavy atom. The van der Waals surface area contributed by atoms with Crippen LogP contribution in [0.3, 0.4) is 0 Å². The van der Waals surface area contributed by atoms with Crippen molar-refractivity contribution >= 4 is 17.7 Å². The van der Waals surface area contributed by atoms with E-state index in [1.807, 2.05) is 60.7 Å². The molecule has 4 rings (SSSR count). The van der Waals surface area contributed by atoms with E-state index < -0.39 is 18.0 Å². The number of urea groups is 1. The Morgan fingerprint density at radius 2 is 1.65 bits per heavy atom. The lowest BCUT2D eigenvalue weighted by molar-refractivity contribution is -0.138. The zero-order valence-electron chi connectivity index (χ0n) is 19.0. The predicted octanol–water partition coefficient (Wildman–Crippen LogP) is 4.60. The summed E-state index contributed by atoms with van der Waals surface area (Å²) in [6, 6.07) is 23.0. The largest absolute Gasteiger partial charge is 0.493 e. The lowest BCUT2D eigenvalue weighted by Gasteiger charge is -2.30. The third kappa shape index (κ3) is 4.88. The number of para-hydroxylation sites is 1. The SMILES string of the molecule is CCOC(=O)C1=C(c2ccccc2)NC(=O)N[C@@H]1c1cccc(OC)c1OCc1ccccc1. The summed E-state index contributed by atoms with van der Waals surface area (Å²) in [6.07, 6.45) is 0. The highest BCUT2D eigenvalue weighted by molar-refractivity contribution is 6.04. The first-order chi connectivity index (χ1) is 16.6. The van der Waals surface area contributed by atoms with Crippen LogP contribution in [0.15, 0.2) is 84.4 Å². The monoisotopic (exact) mass is 458 g/mol. The molecule has 2 amide bonds. The average molecular weight is 459 g/mol. The third-order valence-electron chi connectivity index (χ3n) is 5.40. The van der Waals surface area contributed by atoms with E-state index >= 15 is 0 Å². The van der Waals surface area contributed by atoms with Crippen molar-refractivity contribution in [2.75, 3.05) is 13.7 Å². The minimum Gasteiger partial charge on any atom is -0.493 e. The van der Waals surface area contributed by atoms with Gasteiger partial charge in [-0.3, -0.25) is 0 Å². The van der Waals surface area contributed by atoms with E-state index in [0.29, 0.717) is 28.3 Å². The molecule has 1 aliphatic heterocycles. The molecule has 0 spiro atoms. The fourth-order valence-corrected chi connectivity index (χ4v) is 3.86. The highest BCUT2D eigenvalue weighted by Gasteiger charge is 2.36. The molecule has 1 heterocycles. The molecule has 7 heteroatoms. The highest BCUT2D eigenvalue weighted by atomic mass is 16.5.